The molecule has 0 aliphatic carbocycles. The molecule has 0 radical (unpaired) electrons. The predicted octanol–water partition coefficient (Wildman–Crippen LogP) is 2.50. The highest BCUT2D eigenvalue weighted by Gasteiger charge is 2.27. The first-order valence-corrected chi connectivity index (χ1v) is 7.00. The van der Waals surface area contributed by atoms with Gasteiger partial charge in [-0.3, -0.25) is 0 Å². The van der Waals surface area contributed by atoms with E-state index in [9.17, 15) is 9.50 Å². The van der Waals surface area contributed by atoms with E-state index < -0.39 is 5.60 Å². The van der Waals surface area contributed by atoms with Gasteiger partial charge in [0.2, 0.25) is 0 Å². The number of hydrogen-bond acceptors (Lipinski definition) is 3. The molecule has 0 aromatic heterocycles. The zero-order valence-electron chi connectivity index (χ0n) is 12.2. The van der Waals surface area contributed by atoms with Crippen molar-refractivity contribution in [3.8, 4) is 0 Å². The summed E-state index contributed by atoms with van der Waals surface area (Å²) in [5.74, 6) is -0.267. The Morgan fingerprint density at radius 2 is 1.86 bits per heavy atom. The van der Waals surface area contributed by atoms with Crippen LogP contribution in [0, 0.1) is 5.82 Å². The fourth-order valence-corrected chi connectivity index (χ4v) is 2.31. The van der Waals surface area contributed by atoms with Crippen LogP contribution in [0.25, 0.3) is 0 Å². The summed E-state index contributed by atoms with van der Waals surface area (Å²) in [5, 5.41) is 10.7. The Morgan fingerprint density at radius 3 is 2.48 bits per heavy atom. The van der Waals surface area contributed by atoms with Crippen molar-refractivity contribution in [3.63, 3.8) is 0 Å². The third-order valence-electron chi connectivity index (χ3n) is 3.76. The fourth-order valence-electron chi connectivity index (χ4n) is 2.31. The van der Waals surface area contributed by atoms with Gasteiger partial charge in [0.25, 0.3) is 0 Å². The van der Waals surface area contributed by atoms with Gasteiger partial charge in [0, 0.05) is 25.8 Å². The van der Waals surface area contributed by atoms with E-state index in [0.717, 1.165) is 11.3 Å². The number of rotatable bonds is 6. The molecule has 112 valence electrons. The minimum atomic E-state index is -1.07. The Hall–Kier alpha value is -1.91. The molecule has 1 unspecified atom stereocenters. The van der Waals surface area contributed by atoms with Crippen LogP contribution in [0.15, 0.2) is 54.6 Å². The SMILES string of the molecule is CN(CCC(O)(CN)c1ccccc1)c1cccc(F)c1. The van der Waals surface area contributed by atoms with Crippen molar-refractivity contribution in [2.45, 2.75) is 12.0 Å². The summed E-state index contributed by atoms with van der Waals surface area (Å²) in [6.07, 6.45) is 0.473. The Balaban J connectivity index is 2.06. The second-order valence-corrected chi connectivity index (χ2v) is 5.25. The van der Waals surface area contributed by atoms with Gasteiger partial charge in [-0.05, 0) is 30.2 Å². The molecular formula is C17H21FN2O. The van der Waals surface area contributed by atoms with Crippen molar-refractivity contribution >= 4 is 5.69 Å². The second-order valence-electron chi connectivity index (χ2n) is 5.25. The van der Waals surface area contributed by atoms with Crippen molar-refractivity contribution in [1.29, 1.82) is 0 Å². The lowest BCUT2D eigenvalue weighted by molar-refractivity contribution is 0.0390. The number of aliphatic hydroxyl groups is 1. The topological polar surface area (TPSA) is 49.5 Å². The van der Waals surface area contributed by atoms with Crippen molar-refractivity contribution in [1.82, 2.24) is 0 Å². The molecule has 0 fully saturated rings. The van der Waals surface area contributed by atoms with Crippen LogP contribution in [-0.2, 0) is 5.60 Å². The van der Waals surface area contributed by atoms with Crippen LogP contribution in [0.4, 0.5) is 10.1 Å². The third-order valence-corrected chi connectivity index (χ3v) is 3.76. The first-order valence-electron chi connectivity index (χ1n) is 7.00. The first-order chi connectivity index (χ1) is 10.0. The quantitative estimate of drug-likeness (QED) is 0.858. The van der Waals surface area contributed by atoms with Gasteiger partial charge in [-0.25, -0.2) is 4.39 Å². The van der Waals surface area contributed by atoms with Crippen LogP contribution >= 0.6 is 0 Å². The molecule has 21 heavy (non-hydrogen) atoms. The number of benzene rings is 2. The fraction of sp³-hybridized carbons (Fsp3) is 0.294. The molecule has 0 spiro atoms. The van der Waals surface area contributed by atoms with E-state index in [-0.39, 0.29) is 12.4 Å². The molecule has 0 saturated heterocycles. The van der Waals surface area contributed by atoms with Gasteiger partial charge >= 0.3 is 0 Å². The lowest BCUT2D eigenvalue weighted by Gasteiger charge is -2.30. The van der Waals surface area contributed by atoms with Gasteiger partial charge < -0.3 is 15.7 Å². The Morgan fingerprint density at radius 1 is 1.14 bits per heavy atom. The third kappa shape index (κ3) is 3.80. The van der Waals surface area contributed by atoms with E-state index in [4.69, 9.17) is 5.73 Å². The van der Waals surface area contributed by atoms with Crippen LogP contribution in [-0.4, -0.2) is 25.2 Å². The van der Waals surface area contributed by atoms with Crippen molar-refractivity contribution in [2.75, 3.05) is 25.0 Å². The highest BCUT2D eigenvalue weighted by atomic mass is 19.1. The molecule has 2 aromatic rings. The molecule has 0 bridgehead atoms. The molecule has 0 aliphatic rings. The highest BCUT2D eigenvalue weighted by molar-refractivity contribution is 5.45. The molecule has 2 aromatic carbocycles. The van der Waals surface area contributed by atoms with Crippen LogP contribution in [0.5, 0.6) is 0 Å². The van der Waals surface area contributed by atoms with Crippen LogP contribution in [0.2, 0.25) is 0 Å². The van der Waals surface area contributed by atoms with Crippen LogP contribution in [0.1, 0.15) is 12.0 Å². The Bertz CT molecular complexity index is 576. The maximum Gasteiger partial charge on any atom is 0.125 e. The van der Waals surface area contributed by atoms with Crippen molar-refractivity contribution in [2.24, 2.45) is 5.73 Å². The van der Waals surface area contributed by atoms with Gasteiger partial charge in [0.1, 0.15) is 11.4 Å². The van der Waals surface area contributed by atoms with Crippen molar-refractivity contribution < 1.29 is 9.50 Å². The Labute approximate surface area is 124 Å². The number of nitrogens with two attached hydrogens (primary N) is 1. The number of anilines is 1. The standard InChI is InChI=1S/C17H21FN2O/c1-20(16-9-5-8-15(18)12-16)11-10-17(21,13-19)14-6-3-2-4-7-14/h2-9,12,21H,10-11,13,19H2,1H3. The number of nitrogens with zero attached hydrogens (tertiary/aromatic N) is 1. The average molecular weight is 288 g/mol. The molecule has 0 amide bonds. The Kier molecular flexibility index (Phi) is 4.94. The molecule has 1 atom stereocenters. The van der Waals surface area contributed by atoms with E-state index in [1.165, 1.54) is 12.1 Å². The summed E-state index contributed by atoms with van der Waals surface area (Å²) in [5.41, 5.74) is 6.28. The lowest BCUT2D eigenvalue weighted by Crippen LogP contribution is -2.38. The van der Waals surface area contributed by atoms with E-state index in [0.29, 0.717) is 13.0 Å². The molecule has 3 nitrogen and oxygen atoms in total. The van der Waals surface area contributed by atoms with Gasteiger partial charge in [-0.2, -0.15) is 0 Å². The van der Waals surface area contributed by atoms with Crippen LogP contribution < -0.4 is 10.6 Å². The highest BCUT2D eigenvalue weighted by Crippen LogP contribution is 2.25. The van der Waals surface area contributed by atoms with E-state index in [1.54, 1.807) is 6.07 Å². The predicted molar refractivity (Wildman–Crippen MR) is 83.7 cm³/mol. The number of halogens is 1. The monoisotopic (exact) mass is 288 g/mol. The zero-order chi connectivity index (χ0) is 15.3. The van der Waals surface area contributed by atoms with E-state index in [2.05, 4.69) is 0 Å². The van der Waals surface area contributed by atoms with Gasteiger partial charge in [0.15, 0.2) is 0 Å². The molecule has 0 saturated carbocycles. The molecule has 4 heteroatoms. The van der Waals surface area contributed by atoms with E-state index in [1.807, 2.05) is 48.3 Å². The summed E-state index contributed by atoms with van der Waals surface area (Å²) in [7, 11) is 1.87. The first kappa shape index (κ1) is 15.5. The normalized spacial score (nSPS) is 13.7. The van der Waals surface area contributed by atoms with Crippen LogP contribution in [0.3, 0.4) is 0 Å². The summed E-state index contributed by atoms with van der Waals surface area (Å²) in [6.45, 7) is 0.722. The smallest absolute Gasteiger partial charge is 0.125 e. The largest absolute Gasteiger partial charge is 0.384 e. The van der Waals surface area contributed by atoms with Gasteiger partial charge in [-0.1, -0.05) is 36.4 Å². The lowest BCUT2D eigenvalue weighted by atomic mass is 9.90. The molecular weight excluding hydrogens is 267 g/mol. The number of hydrogen-bond donors (Lipinski definition) is 2. The zero-order valence-corrected chi connectivity index (χ0v) is 12.2. The summed E-state index contributed by atoms with van der Waals surface area (Å²) in [6, 6.07) is 15.8. The summed E-state index contributed by atoms with van der Waals surface area (Å²) in [4.78, 5) is 1.91. The maximum absolute atomic E-state index is 13.2. The van der Waals surface area contributed by atoms with E-state index >= 15 is 0 Å². The van der Waals surface area contributed by atoms with Crippen molar-refractivity contribution in [3.05, 3.63) is 66.0 Å². The summed E-state index contributed by atoms with van der Waals surface area (Å²) >= 11 is 0. The molecule has 2 rings (SSSR count). The molecule has 0 heterocycles. The average Bonchev–Trinajstić information content (AvgIpc) is 2.53. The maximum atomic E-state index is 13.2. The molecule has 3 N–H and O–H groups in total. The van der Waals surface area contributed by atoms with Gasteiger partial charge in [-0.15, -0.1) is 0 Å². The minimum absolute atomic E-state index is 0.147. The second kappa shape index (κ2) is 6.70. The minimum Gasteiger partial charge on any atom is -0.384 e. The molecule has 0 aliphatic heterocycles. The summed E-state index contributed by atoms with van der Waals surface area (Å²) < 4.78 is 13.2. The van der Waals surface area contributed by atoms with Gasteiger partial charge in [0.05, 0.1) is 0 Å².